The monoisotopic (exact) mass is 214 g/mol. The summed E-state index contributed by atoms with van der Waals surface area (Å²) in [5, 5.41) is 0.729. The first-order valence-electron chi connectivity index (χ1n) is 4.38. The van der Waals surface area contributed by atoms with Gasteiger partial charge in [-0.3, -0.25) is 0 Å². The molecule has 1 atom stereocenters. The van der Waals surface area contributed by atoms with Gasteiger partial charge in [0.1, 0.15) is 6.04 Å². The molecule has 15 heavy (non-hydrogen) atoms. The topological polar surface area (TPSA) is 41.8 Å². The van der Waals surface area contributed by atoms with Crippen LogP contribution < -0.4 is 5.73 Å². The van der Waals surface area contributed by atoms with Crippen molar-refractivity contribution in [3.63, 3.8) is 0 Å². The van der Waals surface area contributed by atoms with Gasteiger partial charge in [0.15, 0.2) is 0 Å². The van der Waals surface area contributed by atoms with Crippen LogP contribution in [0.3, 0.4) is 0 Å². The number of nitrogens with one attached hydrogen (secondary N) is 1. The van der Waals surface area contributed by atoms with Crippen LogP contribution in [0.2, 0.25) is 0 Å². The molecule has 2 aromatic rings. The fourth-order valence-corrected chi connectivity index (χ4v) is 1.45. The number of nitrogens with two attached hydrogens (primary N) is 1. The van der Waals surface area contributed by atoms with Gasteiger partial charge in [-0.2, -0.15) is 13.2 Å². The van der Waals surface area contributed by atoms with Gasteiger partial charge >= 0.3 is 6.18 Å². The van der Waals surface area contributed by atoms with Crippen molar-refractivity contribution in [2.75, 3.05) is 0 Å². The van der Waals surface area contributed by atoms with Gasteiger partial charge in [-0.15, -0.1) is 0 Å². The zero-order valence-electron chi connectivity index (χ0n) is 7.68. The number of aromatic amines is 1. The summed E-state index contributed by atoms with van der Waals surface area (Å²) in [7, 11) is 0. The van der Waals surface area contributed by atoms with Crippen LogP contribution in [0.1, 0.15) is 11.6 Å². The fraction of sp³-hybridized carbons (Fsp3) is 0.200. The van der Waals surface area contributed by atoms with Gasteiger partial charge < -0.3 is 10.7 Å². The first kappa shape index (κ1) is 10.0. The number of benzene rings is 1. The van der Waals surface area contributed by atoms with Crippen molar-refractivity contribution in [2.45, 2.75) is 12.2 Å². The average molecular weight is 214 g/mol. The molecule has 2 rings (SSSR count). The summed E-state index contributed by atoms with van der Waals surface area (Å²) in [5.41, 5.74) is 5.97. The van der Waals surface area contributed by atoms with Gasteiger partial charge in [0, 0.05) is 11.7 Å². The average Bonchev–Trinajstić information content (AvgIpc) is 2.61. The Balaban J connectivity index is 2.44. The molecule has 0 spiro atoms. The van der Waals surface area contributed by atoms with E-state index in [0.717, 1.165) is 10.9 Å². The van der Waals surface area contributed by atoms with Crippen LogP contribution >= 0.6 is 0 Å². The molecule has 0 saturated carbocycles. The Hall–Kier alpha value is -1.49. The molecule has 0 aliphatic rings. The number of fused-ring (bicyclic) bond motifs is 1. The lowest BCUT2D eigenvalue weighted by Crippen LogP contribution is -2.28. The van der Waals surface area contributed by atoms with Crippen molar-refractivity contribution in [2.24, 2.45) is 5.73 Å². The van der Waals surface area contributed by atoms with E-state index in [1.165, 1.54) is 12.1 Å². The number of aromatic nitrogens is 1. The molecule has 1 aromatic carbocycles. The first-order chi connectivity index (χ1) is 6.98. The van der Waals surface area contributed by atoms with E-state index in [2.05, 4.69) is 4.98 Å². The van der Waals surface area contributed by atoms with Crippen molar-refractivity contribution >= 4 is 10.9 Å². The largest absolute Gasteiger partial charge is 0.407 e. The molecular weight excluding hydrogens is 205 g/mol. The SMILES string of the molecule is NC(c1ccc2[nH]ccc2c1)C(F)(F)F. The summed E-state index contributed by atoms with van der Waals surface area (Å²) in [4.78, 5) is 2.90. The molecule has 0 saturated heterocycles. The zero-order chi connectivity index (χ0) is 11.1. The van der Waals surface area contributed by atoms with Gasteiger partial charge in [0.05, 0.1) is 0 Å². The predicted molar refractivity (Wildman–Crippen MR) is 51.3 cm³/mol. The summed E-state index contributed by atoms with van der Waals surface area (Å²) in [6, 6.07) is 4.22. The highest BCUT2D eigenvalue weighted by Gasteiger charge is 2.37. The molecule has 0 bridgehead atoms. The minimum absolute atomic E-state index is 0.0783. The number of rotatable bonds is 1. The van der Waals surface area contributed by atoms with E-state index in [1.807, 2.05) is 0 Å². The molecular formula is C10H9F3N2. The highest BCUT2D eigenvalue weighted by molar-refractivity contribution is 5.80. The lowest BCUT2D eigenvalue weighted by atomic mass is 10.1. The van der Waals surface area contributed by atoms with Gasteiger partial charge in [0.2, 0.25) is 0 Å². The lowest BCUT2D eigenvalue weighted by Gasteiger charge is -2.15. The van der Waals surface area contributed by atoms with Gasteiger partial charge in [0.25, 0.3) is 0 Å². The standard InChI is InChI=1S/C10H9F3N2/c11-10(12,13)9(14)7-1-2-8-6(5-7)3-4-15-8/h1-5,9,15H,14H2. The number of H-pyrrole nitrogens is 1. The van der Waals surface area contributed by atoms with Crippen LogP contribution in [0.5, 0.6) is 0 Å². The van der Waals surface area contributed by atoms with Crippen LogP contribution in [0.25, 0.3) is 10.9 Å². The summed E-state index contributed by atoms with van der Waals surface area (Å²) in [5.74, 6) is 0. The van der Waals surface area contributed by atoms with E-state index in [0.29, 0.717) is 0 Å². The minimum Gasteiger partial charge on any atom is -0.361 e. The summed E-state index contributed by atoms with van der Waals surface area (Å²) in [6.07, 6.45) is -2.72. The highest BCUT2D eigenvalue weighted by atomic mass is 19.4. The van der Waals surface area contributed by atoms with Gasteiger partial charge in [-0.25, -0.2) is 0 Å². The molecule has 5 heteroatoms. The molecule has 1 unspecified atom stereocenters. The molecule has 0 amide bonds. The molecule has 1 heterocycles. The first-order valence-corrected chi connectivity index (χ1v) is 4.38. The second kappa shape index (κ2) is 3.27. The quantitative estimate of drug-likeness (QED) is 0.752. The molecule has 80 valence electrons. The number of alkyl halides is 3. The van der Waals surface area contributed by atoms with Crippen LogP contribution in [-0.2, 0) is 0 Å². The molecule has 2 nitrogen and oxygen atoms in total. The Kier molecular flexibility index (Phi) is 2.19. The van der Waals surface area contributed by atoms with Gasteiger partial charge in [-0.1, -0.05) is 6.07 Å². The second-order valence-electron chi connectivity index (χ2n) is 3.34. The van der Waals surface area contributed by atoms with Crippen LogP contribution in [0.4, 0.5) is 13.2 Å². The summed E-state index contributed by atoms with van der Waals surface area (Å²) in [6.45, 7) is 0. The van der Waals surface area contributed by atoms with Crippen molar-refractivity contribution in [3.8, 4) is 0 Å². The molecule has 0 aliphatic carbocycles. The maximum Gasteiger partial charge on any atom is 0.407 e. The summed E-state index contributed by atoms with van der Waals surface area (Å²) < 4.78 is 37.0. The van der Waals surface area contributed by atoms with Crippen molar-refractivity contribution < 1.29 is 13.2 Å². The van der Waals surface area contributed by atoms with E-state index < -0.39 is 12.2 Å². The van der Waals surface area contributed by atoms with E-state index in [1.54, 1.807) is 18.3 Å². The molecule has 3 N–H and O–H groups in total. The fourth-order valence-electron chi connectivity index (χ4n) is 1.45. The van der Waals surface area contributed by atoms with Crippen LogP contribution in [-0.4, -0.2) is 11.2 Å². The third kappa shape index (κ3) is 1.83. The van der Waals surface area contributed by atoms with Crippen LogP contribution in [0.15, 0.2) is 30.5 Å². The Morgan fingerprint density at radius 2 is 1.93 bits per heavy atom. The highest BCUT2D eigenvalue weighted by Crippen LogP contribution is 2.31. The van der Waals surface area contributed by atoms with Gasteiger partial charge in [-0.05, 0) is 29.1 Å². The number of halogens is 3. The molecule has 0 radical (unpaired) electrons. The lowest BCUT2D eigenvalue weighted by molar-refractivity contribution is -0.149. The second-order valence-corrected chi connectivity index (χ2v) is 3.34. The number of hydrogen-bond donors (Lipinski definition) is 2. The summed E-state index contributed by atoms with van der Waals surface area (Å²) >= 11 is 0. The van der Waals surface area contributed by atoms with Crippen molar-refractivity contribution in [1.29, 1.82) is 0 Å². The molecule has 0 aliphatic heterocycles. The van der Waals surface area contributed by atoms with Crippen molar-refractivity contribution in [3.05, 3.63) is 36.0 Å². The van der Waals surface area contributed by atoms with E-state index in [9.17, 15) is 13.2 Å². The third-order valence-electron chi connectivity index (χ3n) is 2.29. The predicted octanol–water partition coefficient (Wildman–Crippen LogP) is 2.73. The van der Waals surface area contributed by atoms with E-state index in [-0.39, 0.29) is 5.56 Å². The van der Waals surface area contributed by atoms with Crippen molar-refractivity contribution in [1.82, 2.24) is 4.98 Å². The molecule has 0 fully saturated rings. The Bertz CT molecular complexity index is 473. The Labute approximate surface area is 83.9 Å². The maximum absolute atomic E-state index is 12.3. The maximum atomic E-state index is 12.3. The normalized spacial score (nSPS) is 14.4. The number of hydrogen-bond acceptors (Lipinski definition) is 1. The Morgan fingerprint density at radius 1 is 1.20 bits per heavy atom. The third-order valence-corrected chi connectivity index (χ3v) is 2.29. The zero-order valence-corrected chi connectivity index (χ0v) is 7.68. The molecule has 1 aromatic heterocycles. The van der Waals surface area contributed by atoms with E-state index in [4.69, 9.17) is 5.73 Å². The Morgan fingerprint density at radius 3 is 2.60 bits per heavy atom. The van der Waals surface area contributed by atoms with Crippen LogP contribution in [0, 0.1) is 0 Å². The minimum atomic E-state index is -4.40. The van der Waals surface area contributed by atoms with E-state index >= 15 is 0 Å². The smallest absolute Gasteiger partial charge is 0.361 e.